The van der Waals surface area contributed by atoms with Crippen molar-refractivity contribution in [2.75, 3.05) is 0 Å². The van der Waals surface area contributed by atoms with Crippen LogP contribution in [0.25, 0.3) is 0 Å². The van der Waals surface area contributed by atoms with E-state index in [0.29, 0.717) is 41.8 Å². The number of nitrogens with one attached hydrogen (secondary N) is 1. The lowest BCUT2D eigenvalue weighted by atomic mass is 9.98. The van der Waals surface area contributed by atoms with Crippen molar-refractivity contribution >= 4 is 5.91 Å². The number of fused-ring (bicyclic) bond motifs is 1. The van der Waals surface area contributed by atoms with Crippen LogP contribution in [0.2, 0.25) is 0 Å². The van der Waals surface area contributed by atoms with Crippen LogP contribution in [-0.4, -0.2) is 5.91 Å². The third kappa shape index (κ3) is 2.13. The normalized spacial score (nSPS) is 13.8. The fourth-order valence-electron chi connectivity index (χ4n) is 1.86. The summed E-state index contributed by atoms with van der Waals surface area (Å²) in [7, 11) is 0. The molecule has 1 aliphatic heterocycles. The highest BCUT2D eigenvalue weighted by Crippen LogP contribution is 2.20. The van der Waals surface area contributed by atoms with Crippen LogP contribution < -0.4 is 10.9 Å². The highest BCUT2D eigenvalue weighted by atomic mass is 16.4. The SMILES string of the molecule is C#CCCc1cc(=O)oc2c1C(=O)NC(=C)C2. The van der Waals surface area contributed by atoms with E-state index in [-0.39, 0.29) is 5.91 Å². The molecule has 0 aromatic carbocycles. The van der Waals surface area contributed by atoms with Gasteiger partial charge in [-0.3, -0.25) is 4.79 Å². The lowest BCUT2D eigenvalue weighted by Gasteiger charge is -2.19. The molecule has 2 heterocycles. The molecule has 1 aromatic rings. The predicted octanol–water partition coefficient (Wildman–Crippen LogP) is 1.01. The molecule has 1 amide bonds. The number of carbonyl (C=O) groups excluding carboxylic acids is 1. The summed E-state index contributed by atoms with van der Waals surface area (Å²) in [5.74, 6) is 2.57. The first-order valence-electron chi connectivity index (χ1n) is 5.20. The number of hydrogen-bond acceptors (Lipinski definition) is 3. The highest BCUT2D eigenvalue weighted by Gasteiger charge is 2.25. The summed E-state index contributed by atoms with van der Waals surface area (Å²) in [5, 5.41) is 2.62. The van der Waals surface area contributed by atoms with Crippen molar-refractivity contribution in [1.29, 1.82) is 0 Å². The lowest BCUT2D eigenvalue weighted by molar-refractivity contribution is 0.0952. The van der Waals surface area contributed by atoms with Gasteiger partial charge in [0.2, 0.25) is 0 Å². The first-order valence-corrected chi connectivity index (χ1v) is 5.20. The van der Waals surface area contributed by atoms with Crippen LogP contribution >= 0.6 is 0 Å². The average Bonchev–Trinajstić information content (AvgIpc) is 2.24. The second kappa shape index (κ2) is 4.30. The molecule has 0 fully saturated rings. The second-order valence-electron chi connectivity index (χ2n) is 3.83. The first kappa shape index (κ1) is 11.2. The molecule has 0 saturated heterocycles. The van der Waals surface area contributed by atoms with E-state index in [0.717, 1.165) is 0 Å². The monoisotopic (exact) mass is 229 g/mol. The van der Waals surface area contributed by atoms with Gasteiger partial charge in [0, 0.05) is 24.6 Å². The van der Waals surface area contributed by atoms with Crippen molar-refractivity contribution in [2.45, 2.75) is 19.3 Å². The molecule has 1 aliphatic rings. The Morgan fingerprint density at radius 1 is 1.53 bits per heavy atom. The van der Waals surface area contributed by atoms with Crippen LogP contribution in [-0.2, 0) is 12.8 Å². The Balaban J connectivity index is 2.54. The molecule has 0 aliphatic carbocycles. The quantitative estimate of drug-likeness (QED) is 0.770. The predicted molar refractivity (Wildman–Crippen MR) is 62.4 cm³/mol. The standard InChI is InChI=1S/C13H11NO3/c1-3-4-5-9-7-11(15)17-10-6-8(2)14-13(16)12(9)10/h1,7H,2,4-6H2,(H,14,16). The minimum absolute atomic E-state index is 0.285. The van der Waals surface area contributed by atoms with Crippen molar-refractivity contribution < 1.29 is 9.21 Å². The van der Waals surface area contributed by atoms with Gasteiger partial charge in [-0.25, -0.2) is 4.79 Å². The van der Waals surface area contributed by atoms with Crippen LogP contribution in [0, 0.1) is 12.3 Å². The number of hydrogen-bond donors (Lipinski definition) is 1. The Hall–Kier alpha value is -2.28. The van der Waals surface area contributed by atoms with E-state index in [1.165, 1.54) is 6.07 Å². The molecule has 0 bridgehead atoms. The summed E-state index contributed by atoms with van der Waals surface area (Å²) in [6, 6.07) is 1.32. The minimum Gasteiger partial charge on any atom is -0.427 e. The lowest BCUT2D eigenvalue weighted by Crippen LogP contribution is -2.32. The maximum absolute atomic E-state index is 11.8. The Morgan fingerprint density at radius 2 is 2.29 bits per heavy atom. The zero-order chi connectivity index (χ0) is 12.4. The number of amides is 1. The van der Waals surface area contributed by atoms with E-state index in [4.69, 9.17) is 10.8 Å². The number of carbonyl (C=O) groups is 1. The van der Waals surface area contributed by atoms with Crippen LogP contribution in [0.4, 0.5) is 0 Å². The molecule has 4 heteroatoms. The van der Waals surface area contributed by atoms with Crippen molar-refractivity contribution in [3.8, 4) is 12.3 Å². The smallest absolute Gasteiger partial charge is 0.336 e. The fourth-order valence-corrected chi connectivity index (χ4v) is 1.86. The third-order valence-electron chi connectivity index (χ3n) is 2.55. The van der Waals surface area contributed by atoms with Crippen LogP contribution in [0.3, 0.4) is 0 Å². The molecule has 4 nitrogen and oxygen atoms in total. The van der Waals surface area contributed by atoms with Crippen molar-refractivity contribution in [3.63, 3.8) is 0 Å². The van der Waals surface area contributed by atoms with Crippen LogP contribution in [0.15, 0.2) is 27.6 Å². The molecule has 0 saturated carbocycles. The largest absolute Gasteiger partial charge is 0.427 e. The minimum atomic E-state index is -0.460. The van der Waals surface area contributed by atoms with Crippen LogP contribution in [0.1, 0.15) is 28.1 Å². The molecule has 1 N–H and O–H groups in total. The van der Waals surface area contributed by atoms with E-state index < -0.39 is 5.63 Å². The molecule has 0 unspecified atom stereocenters. The molecule has 86 valence electrons. The van der Waals surface area contributed by atoms with E-state index in [9.17, 15) is 9.59 Å². The molecule has 0 spiro atoms. The average molecular weight is 229 g/mol. The summed E-state index contributed by atoms with van der Waals surface area (Å²) < 4.78 is 5.03. The Kier molecular flexibility index (Phi) is 2.84. The van der Waals surface area contributed by atoms with Gasteiger partial charge in [-0.1, -0.05) is 6.58 Å². The Morgan fingerprint density at radius 3 is 3.00 bits per heavy atom. The zero-order valence-electron chi connectivity index (χ0n) is 9.21. The molecular weight excluding hydrogens is 218 g/mol. The second-order valence-corrected chi connectivity index (χ2v) is 3.83. The van der Waals surface area contributed by atoms with Gasteiger partial charge in [0.25, 0.3) is 5.91 Å². The molecule has 2 rings (SSSR count). The van der Waals surface area contributed by atoms with E-state index in [1.807, 2.05) is 0 Å². The van der Waals surface area contributed by atoms with Gasteiger partial charge in [0.05, 0.1) is 5.56 Å². The molecule has 0 radical (unpaired) electrons. The van der Waals surface area contributed by atoms with Gasteiger partial charge in [0.15, 0.2) is 0 Å². The summed E-state index contributed by atoms with van der Waals surface area (Å²) in [4.78, 5) is 23.2. The molecular formula is C13H11NO3. The van der Waals surface area contributed by atoms with Gasteiger partial charge in [-0.15, -0.1) is 12.3 Å². The van der Waals surface area contributed by atoms with E-state index >= 15 is 0 Å². The van der Waals surface area contributed by atoms with Crippen molar-refractivity contribution in [1.82, 2.24) is 5.32 Å². The summed E-state index contributed by atoms with van der Waals surface area (Å²) >= 11 is 0. The van der Waals surface area contributed by atoms with Crippen molar-refractivity contribution in [3.05, 3.63) is 45.6 Å². The summed E-state index contributed by atoms with van der Waals surface area (Å²) in [6.07, 6.45) is 6.50. The maximum atomic E-state index is 11.8. The first-order chi connectivity index (χ1) is 8.11. The number of rotatable bonds is 2. The van der Waals surface area contributed by atoms with Crippen molar-refractivity contribution in [2.24, 2.45) is 0 Å². The van der Waals surface area contributed by atoms with Gasteiger partial charge in [-0.05, 0) is 12.0 Å². The summed E-state index contributed by atoms with van der Waals surface area (Å²) in [6.45, 7) is 3.66. The van der Waals surface area contributed by atoms with Gasteiger partial charge in [-0.2, -0.15) is 0 Å². The topological polar surface area (TPSA) is 59.3 Å². The van der Waals surface area contributed by atoms with Gasteiger partial charge in [0.1, 0.15) is 5.76 Å². The fraction of sp³-hybridized carbons (Fsp3) is 0.231. The summed E-state index contributed by atoms with van der Waals surface area (Å²) in [5.41, 5.74) is 1.13. The van der Waals surface area contributed by atoms with E-state index in [1.54, 1.807) is 0 Å². The van der Waals surface area contributed by atoms with Gasteiger partial charge < -0.3 is 9.73 Å². The number of terminal acetylenes is 1. The molecule has 0 atom stereocenters. The highest BCUT2D eigenvalue weighted by molar-refractivity contribution is 5.98. The maximum Gasteiger partial charge on any atom is 0.336 e. The number of aryl methyl sites for hydroxylation is 1. The Labute approximate surface area is 98.3 Å². The zero-order valence-corrected chi connectivity index (χ0v) is 9.21. The molecule has 1 aromatic heterocycles. The molecule has 17 heavy (non-hydrogen) atoms. The van der Waals surface area contributed by atoms with E-state index in [2.05, 4.69) is 17.8 Å². The number of allylic oxidation sites excluding steroid dienone is 1. The van der Waals surface area contributed by atoms with Crippen LogP contribution in [0.5, 0.6) is 0 Å². The Bertz CT molecular complexity index is 590. The third-order valence-corrected chi connectivity index (χ3v) is 2.55. The van der Waals surface area contributed by atoms with Gasteiger partial charge >= 0.3 is 5.63 Å².